The number of benzene rings is 1. The molecule has 0 aliphatic rings. The van der Waals surface area contributed by atoms with Gasteiger partial charge in [0.25, 0.3) is 5.91 Å². The Kier molecular flexibility index (Phi) is 4.87. The van der Waals surface area contributed by atoms with Crippen LogP contribution in [0.3, 0.4) is 0 Å². The molecule has 0 radical (unpaired) electrons. The van der Waals surface area contributed by atoms with E-state index in [-0.39, 0.29) is 11.9 Å². The molecule has 0 fully saturated rings. The molecule has 110 valence electrons. The summed E-state index contributed by atoms with van der Waals surface area (Å²) in [5, 5.41) is 3.14. The summed E-state index contributed by atoms with van der Waals surface area (Å²) in [6.45, 7) is 4.59. The highest BCUT2D eigenvalue weighted by Gasteiger charge is 2.14. The van der Waals surface area contributed by atoms with Gasteiger partial charge < -0.3 is 10.2 Å². The summed E-state index contributed by atoms with van der Waals surface area (Å²) in [4.78, 5) is 22.3. The van der Waals surface area contributed by atoms with E-state index in [4.69, 9.17) is 0 Å². The lowest BCUT2D eigenvalue weighted by atomic mass is 10.2. The maximum atomic E-state index is 12.3. The van der Waals surface area contributed by atoms with Crippen LogP contribution < -0.4 is 5.32 Å². The molecule has 1 amide bonds. The predicted octanol–water partition coefficient (Wildman–Crippen LogP) is 2.57. The van der Waals surface area contributed by atoms with Crippen LogP contribution in [0.25, 0.3) is 0 Å². The van der Waals surface area contributed by atoms with Gasteiger partial charge in [0.05, 0.1) is 12.4 Å². The van der Waals surface area contributed by atoms with E-state index >= 15 is 0 Å². The Morgan fingerprint density at radius 3 is 2.48 bits per heavy atom. The third kappa shape index (κ3) is 4.27. The monoisotopic (exact) mass is 284 g/mol. The van der Waals surface area contributed by atoms with E-state index in [1.165, 1.54) is 6.20 Å². The van der Waals surface area contributed by atoms with E-state index < -0.39 is 0 Å². The van der Waals surface area contributed by atoms with E-state index in [2.05, 4.69) is 15.3 Å². The Bertz CT molecular complexity index is 581. The minimum absolute atomic E-state index is 0.137. The van der Waals surface area contributed by atoms with Gasteiger partial charge in [0.1, 0.15) is 11.5 Å². The Morgan fingerprint density at radius 2 is 1.90 bits per heavy atom. The lowest BCUT2D eigenvalue weighted by molar-refractivity contribution is 0.0779. The normalized spacial score (nSPS) is 10.5. The number of hydrogen-bond donors (Lipinski definition) is 1. The number of amides is 1. The van der Waals surface area contributed by atoms with Crippen LogP contribution in [0.15, 0.2) is 42.7 Å². The fourth-order valence-electron chi connectivity index (χ4n) is 1.93. The first-order valence-electron chi connectivity index (χ1n) is 6.94. The molecule has 5 heteroatoms. The molecule has 0 unspecified atom stereocenters. The lowest BCUT2D eigenvalue weighted by Crippen LogP contribution is -2.27. The van der Waals surface area contributed by atoms with Crippen LogP contribution in [0.1, 0.15) is 29.9 Å². The molecule has 0 aliphatic heterocycles. The highest BCUT2D eigenvalue weighted by atomic mass is 16.2. The number of carbonyl (C=O) groups excluding carboxylic acids is 1. The van der Waals surface area contributed by atoms with Crippen molar-refractivity contribution in [1.82, 2.24) is 14.9 Å². The molecule has 0 bridgehead atoms. The number of anilines is 1. The second-order valence-electron chi connectivity index (χ2n) is 5.23. The Morgan fingerprint density at radius 1 is 1.19 bits per heavy atom. The van der Waals surface area contributed by atoms with Gasteiger partial charge in [-0.1, -0.05) is 30.3 Å². The van der Waals surface area contributed by atoms with Crippen molar-refractivity contribution < 1.29 is 4.79 Å². The maximum Gasteiger partial charge on any atom is 0.274 e. The second-order valence-corrected chi connectivity index (χ2v) is 5.23. The molecule has 1 aromatic heterocycles. The largest absolute Gasteiger partial charge is 0.367 e. The third-order valence-corrected chi connectivity index (χ3v) is 2.92. The zero-order chi connectivity index (χ0) is 15.2. The molecular formula is C16H20N4O. The molecule has 0 aliphatic carbocycles. The molecule has 2 aromatic rings. The third-order valence-electron chi connectivity index (χ3n) is 2.92. The summed E-state index contributed by atoms with van der Waals surface area (Å²) in [6.07, 6.45) is 3.10. The minimum atomic E-state index is -0.137. The molecule has 1 aromatic carbocycles. The van der Waals surface area contributed by atoms with Crippen molar-refractivity contribution in [3.63, 3.8) is 0 Å². The summed E-state index contributed by atoms with van der Waals surface area (Å²) < 4.78 is 0. The lowest BCUT2D eigenvalue weighted by Gasteiger charge is -2.17. The highest BCUT2D eigenvalue weighted by Crippen LogP contribution is 2.08. The van der Waals surface area contributed by atoms with Crippen molar-refractivity contribution >= 4 is 11.7 Å². The zero-order valence-corrected chi connectivity index (χ0v) is 12.6. The summed E-state index contributed by atoms with van der Waals surface area (Å²) in [6, 6.07) is 10.1. The van der Waals surface area contributed by atoms with Crippen LogP contribution in [0.2, 0.25) is 0 Å². The number of carbonyl (C=O) groups is 1. The topological polar surface area (TPSA) is 58.1 Å². The minimum Gasteiger partial charge on any atom is -0.367 e. The van der Waals surface area contributed by atoms with Crippen molar-refractivity contribution in [1.29, 1.82) is 0 Å². The van der Waals surface area contributed by atoms with Crippen LogP contribution in [0.5, 0.6) is 0 Å². The summed E-state index contributed by atoms with van der Waals surface area (Å²) in [5.74, 6) is 0.537. The molecular weight excluding hydrogens is 264 g/mol. The van der Waals surface area contributed by atoms with Crippen LogP contribution >= 0.6 is 0 Å². The number of rotatable bonds is 5. The van der Waals surface area contributed by atoms with Gasteiger partial charge in [-0.3, -0.25) is 4.79 Å². The number of hydrogen-bond acceptors (Lipinski definition) is 4. The fraction of sp³-hybridized carbons (Fsp3) is 0.312. The van der Waals surface area contributed by atoms with E-state index in [9.17, 15) is 4.79 Å². The van der Waals surface area contributed by atoms with Gasteiger partial charge in [-0.25, -0.2) is 9.97 Å². The van der Waals surface area contributed by atoms with Gasteiger partial charge in [0.15, 0.2) is 0 Å². The first-order valence-corrected chi connectivity index (χ1v) is 6.94. The Balaban J connectivity index is 2.02. The average Bonchev–Trinajstić information content (AvgIpc) is 2.47. The standard InChI is InChI=1S/C16H20N4O/c1-12(2)19-15-10-17-14(9-18-15)16(21)20(3)11-13-7-5-4-6-8-13/h4-10,12H,11H2,1-3H3,(H,18,19). The first kappa shape index (κ1) is 15.0. The Labute approximate surface area is 125 Å². The van der Waals surface area contributed by atoms with Gasteiger partial charge in [-0.05, 0) is 19.4 Å². The molecule has 0 spiro atoms. The smallest absolute Gasteiger partial charge is 0.274 e. The highest BCUT2D eigenvalue weighted by molar-refractivity contribution is 5.91. The number of nitrogens with one attached hydrogen (secondary N) is 1. The van der Waals surface area contributed by atoms with Gasteiger partial charge in [-0.15, -0.1) is 0 Å². The van der Waals surface area contributed by atoms with Crippen molar-refractivity contribution in [2.45, 2.75) is 26.4 Å². The summed E-state index contributed by atoms with van der Waals surface area (Å²) >= 11 is 0. The van der Waals surface area contributed by atoms with Crippen LogP contribution in [0, 0.1) is 0 Å². The SMILES string of the molecule is CC(C)Nc1cnc(C(=O)N(C)Cc2ccccc2)cn1. The molecule has 21 heavy (non-hydrogen) atoms. The summed E-state index contributed by atoms with van der Waals surface area (Å²) in [7, 11) is 1.76. The molecule has 0 saturated heterocycles. The zero-order valence-electron chi connectivity index (χ0n) is 12.6. The maximum absolute atomic E-state index is 12.3. The first-order chi connectivity index (χ1) is 10.1. The fourth-order valence-corrected chi connectivity index (χ4v) is 1.93. The molecule has 0 saturated carbocycles. The number of aromatic nitrogens is 2. The molecule has 5 nitrogen and oxygen atoms in total. The molecule has 0 atom stereocenters. The van der Waals surface area contributed by atoms with Crippen LogP contribution in [0.4, 0.5) is 5.82 Å². The van der Waals surface area contributed by atoms with Gasteiger partial charge in [0.2, 0.25) is 0 Å². The van der Waals surface area contributed by atoms with Crippen molar-refractivity contribution in [2.24, 2.45) is 0 Å². The van der Waals surface area contributed by atoms with Gasteiger partial charge in [-0.2, -0.15) is 0 Å². The molecule has 1 N–H and O–H groups in total. The van der Waals surface area contributed by atoms with E-state index in [0.29, 0.717) is 18.1 Å². The number of nitrogens with zero attached hydrogens (tertiary/aromatic N) is 3. The average molecular weight is 284 g/mol. The van der Waals surface area contributed by atoms with Crippen molar-refractivity contribution in [2.75, 3.05) is 12.4 Å². The molecule has 1 heterocycles. The van der Waals surface area contributed by atoms with Gasteiger partial charge >= 0.3 is 0 Å². The van der Waals surface area contributed by atoms with Crippen LogP contribution in [-0.2, 0) is 6.54 Å². The molecule has 2 rings (SSSR count). The van der Waals surface area contributed by atoms with Crippen molar-refractivity contribution in [3.8, 4) is 0 Å². The Hall–Kier alpha value is -2.43. The van der Waals surface area contributed by atoms with Crippen molar-refractivity contribution in [3.05, 3.63) is 54.0 Å². The second kappa shape index (κ2) is 6.83. The summed E-state index contributed by atoms with van der Waals surface area (Å²) in [5.41, 5.74) is 1.43. The van der Waals surface area contributed by atoms with E-state index in [0.717, 1.165) is 5.56 Å². The van der Waals surface area contributed by atoms with Crippen LogP contribution in [-0.4, -0.2) is 33.9 Å². The van der Waals surface area contributed by atoms with E-state index in [1.54, 1.807) is 18.1 Å². The van der Waals surface area contributed by atoms with E-state index in [1.807, 2.05) is 44.2 Å². The quantitative estimate of drug-likeness (QED) is 0.916. The van der Waals surface area contributed by atoms with Gasteiger partial charge in [0, 0.05) is 19.6 Å². The predicted molar refractivity (Wildman–Crippen MR) is 83.0 cm³/mol.